The van der Waals surface area contributed by atoms with Crippen LogP contribution in [0.15, 0.2) is 34.7 Å². The summed E-state index contributed by atoms with van der Waals surface area (Å²) in [5.41, 5.74) is 0.525. The maximum absolute atomic E-state index is 10.8. The molecule has 0 unspecified atom stereocenters. The second-order valence-corrected chi connectivity index (χ2v) is 4.80. The van der Waals surface area contributed by atoms with E-state index in [4.69, 9.17) is 16.7 Å². The first-order chi connectivity index (χ1) is 8.56. The number of nitrogens with zero attached hydrogens (tertiary/aromatic N) is 3. The second-order valence-electron chi connectivity index (χ2n) is 3.37. The molecule has 0 saturated carbocycles. The maximum atomic E-state index is 10.8. The molecule has 0 saturated heterocycles. The third-order valence-electron chi connectivity index (χ3n) is 2.08. The van der Waals surface area contributed by atoms with Crippen molar-refractivity contribution in [3.05, 3.63) is 40.8 Å². The van der Waals surface area contributed by atoms with Crippen LogP contribution in [0.1, 0.15) is 16.1 Å². The number of carboxylic acid groups (broad SMARTS) is 1. The van der Waals surface area contributed by atoms with Gasteiger partial charge in [-0.05, 0) is 30.8 Å². The minimum absolute atomic E-state index is 0.100. The first-order valence-corrected chi connectivity index (χ1v) is 6.12. The van der Waals surface area contributed by atoms with Crippen molar-refractivity contribution in [1.29, 1.82) is 0 Å². The van der Waals surface area contributed by atoms with Crippen LogP contribution in [0.5, 0.6) is 0 Å². The van der Waals surface area contributed by atoms with Gasteiger partial charge in [0, 0.05) is 12.4 Å². The molecule has 2 heterocycles. The number of halogens is 1. The van der Waals surface area contributed by atoms with Crippen LogP contribution in [0.4, 0.5) is 0 Å². The summed E-state index contributed by atoms with van der Waals surface area (Å²) in [6.07, 6.45) is 2.82. The summed E-state index contributed by atoms with van der Waals surface area (Å²) in [5, 5.41) is 10.6. The Morgan fingerprint density at radius 3 is 2.67 bits per heavy atom. The first kappa shape index (κ1) is 12.8. The van der Waals surface area contributed by atoms with E-state index >= 15 is 0 Å². The molecule has 0 fully saturated rings. The predicted octanol–water partition coefficient (Wildman–Crippen LogP) is 2.68. The molecule has 2 rings (SSSR count). The molecule has 0 bridgehead atoms. The zero-order valence-corrected chi connectivity index (χ0v) is 10.9. The fourth-order valence-corrected chi connectivity index (χ4v) is 2.05. The topological polar surface area (TPSA) is 76.0 Å². The molecule has 0 spiro atoms. The summed E-state index contributed by atoms with van der Waals surface area (Å²) in [5.74, 6) is -1.03. The van der Waals surface area contributed by atoms with Gasteiger partial charge in [0.25, 0.3) is 0 Å². The highest BCUT2D eigenvalue weighted by Gasteiger charge is 2.10. The molecule has 0 amide bonds. The van der Waals surface area contributed by atoms with Crippen molar-refractivity contribution < 1.29 is 9.90 Å². The van der Waals surface area contributed by atoms with Gasteiger partial charge in [-0.25, -0.2) is 19.7 Å². The van der Waals surface area contributed by atoms with E-state index in [0.717, 1.165) is 0 Å². The van der Waals surface area contributed by atoms with Crippen LogP contribution in [0.3, 0.4) is 0 Å². The van der Waals surface area contributed by atoms with Gasteiger partial charge in [0.1, 0.15) is 5.03 Å². The van der Waals surface area contributed by atoms with Crippen molar-refractivity contribution in [2.45, 2.75) is 17.1 Å². The molecule has 0 radical (unpaired) electrons. The van der Waals surface area contributed by atoms with Gasteiger partial charge < -0.3 is 5.11 Å². The minimum Gasteiger partial charge on any atom is -0.478 e. The van der Waals surface area contributed by atoms with Gasteiger partial charge in [0.05, 0.1) is 16.3 Å². The summed E-state index contributed by atoms with van der Waals surface area (Å²) in [6.45, 7) is 1.63. The summed E-state index contributed by atoms with van der Waals surface area (Å²) < 4.78 is 0. The van der Waals surface area contributed by atoms with Crippen LogP contribution in [0, 0.1) is 6.92 Å². The largest absolute Gasteiger partial charge is 0.478 e. The highest BCUT2D eigenvalue weighted by molar-refractivity contribution is 7.99. The Labute approximate surface area is 112 Å². The van der Waals surface area contributed by atoms with E-state index < -0.39 is 5.97 Å². The average molecular weight is 282 g/mol. The molecule has 7 heteroatoms. The first-order valence-electron chi connectivity index (χ1n) is 4.92. The lowest BCUT2D eigenvalue weighted by molar-refractivity contribution is 0.0695. The standard InChI is InChI=1S/C11H8ClN3O2S/c1-6-8(10(16)17)5-14-11(15-6)18-9-3-2-7(12)4-13-9/h2-5H,1H3,(H,16,17). The summed E-state index contributed by atoms with van der Waals surface area (Å²) in [4.78, 5) is 23.0. The van der Waals surface area contributed by atoms with Gasteiger partial charge in [0.15, 0.2) is 5.16 Å². The molecule has 0 atom stereocenters. The van der Waals surface area contributed by atoms with Crippen LogP contribution in [-0.4, -0.2) is 26.0 Å². The lowest BCUT2D eigenvalue weighted by atomic mass is 10.2. The average Bonchev–Trinajstić information content (AvgIpc) is 2.32. The summed E-state index contributed by atoms with van der Waals surface area (Å²) in [6, 6.07) is 3.46. The molecule has 0 aliphatic rings. The predicted molar refractivity (Wildman–Crippen MR) is 67.1 cm³/mol. The van der Waals surface area contributed by atoms with Crippen LogP contribution >= 0.6 is 23.4 Å². The molecule has 0 aliphatic heterocycles. The molecular weight excluding hydrogens is 274 g/mol. The van der Waals surface area contributed by atoms with E-state index in [1.54, 1.807) is 19.1 Å². The van der Waals surface area contributed by atoms with Gasteiger partial charge >= 0.3 is 5.97 Å². The Balaban J connectivity index is 2.22. The number of aromatic nitrogens is 3. The molecular formula is C11H8ClN3O2S. The molecule has 18 heavy (non-hydrogen) atoms. The number of aryl methyl sites for hydroxylation is 1. The molecule has 1 N–H and O–H groups in total. The highest BCUT2D eigenvalue weighted by atomic mass is 35.5. The van der Waals surface area contributed by atoms with Gasteiger partial charge in [-0.3, -0.25) is 0 Å². The quantitative estimate of drug-likeness (QED) is 0.872. The van der Waals surface area contributed by atoms with Crippen molar-refractivity contribution in [2.75, 3.05) is 0 Å². The van der Waals surface area contributed by atoms with Crippen LogP contribution in [-0.2, 0) is 0 Å². The number of rotatable bonds is 3. The van der Waals surface area contributed by atoms with E-state index in [2.05, 4.69) is 15.0 Å². The highest BCUT2D eigenvalue weighted by Crippen LogP contribution is 2.23. The number of carbonyl (C=O) groups is 1. The molecule has 2 aromatic rings. The van der Waals surface area contributed by atoms with Gasteiger partial charge in [-0.15, -0.1) is 0 Å². The van der Waals surface area contributed by atoms with Crippen molar-refractivity contribution in [3.8, 4) is 0 Å². The van der Waals surface area contributed by atoms with E-state index in [1.807, 2.05) is 0 Å². The monoisotopic (exact) mass is 281 g/mol. The Hall–Kier alpha value is -1.66. The van der Waals surface area contributed by atoms with Crippen molar-refractivity contribution >= 4 is 29.3 Å². The summed E-state index contributed by atoms with van der Waals surface area (Å²) >= 11 is 6.97. The molecule has 5 nitrogen and oxygen atoms in total. The fraction of sp³-hybridized carbons (Fsp3) is 0.0909. The van der Waals surface area contributed by atoms with E-state index in [1.165, 1.54) is 24.2 Å². The minimum atomic E-state index is -1.03. The van der Waals surface area contributed by atoms with Crippen LogP contribution in [0.25, 0.3) is 0 Å². The lowest BCUT2D eigenvalue weighted by Crippen LogP contribution is -2.03. The maximum Gasteiger partial charge on any atom is 0.339 e. The van der Waals surface area contributed by atoms with Crippen molar-refractivity contribution in [2.24, 2.45) is 0 Å². The van der Waals surface area contributed by atoms with Crippen molar-refractivity contribution in [3.63, 3.8) is 0 Å². The molecule has 0 aliphatic carbocycles. The zero-order chi connectivity index (χ0) is 13.1. The number of hydrogen-bond donors (Lipinski definition) is 1. The smallest absolute Gasteiger partial charge is 0.339 e. The van der Waals surface area contributed by atoms with E-state index in [-0.39, 0.29) is 5.56 Å². The normalized spacial score (nSPS) is 10.3. The Morgan fingerprint density at radius 1 is 1.33 bits per heavy atom. The second kappa shape index (κ2) is 5.32. The molecule has 92 valence electrons. The Bertz CT molecular complexity index is 589. The SMILES string of the molecule is Cc1nc(Sc2ccc(Cl)cn2)ncc1C(=O)O. The van der Waals surface area contributed by atoms with Gasteiger partial charge in [-0.1, -0.05) is 11.6 Å². The number of carboxylic acids is 1. The van der Waals surface area contributed by atoms with E-state index in [9.17, 15) is 4.79 Å². The van der Waals surface area contributed by atoms with Gasteiger partial charge in [0.2, 0.25) is 0 Å². The molecule has 0 aromatic carbocycles. The van der Waals surface area contributed by atoms with Crippen LogP contribution in [0.2, 0.25) is 5.02 Å². The Kier molecular flexibility index (Phi) is 3.78. The number of aromatic carboxylic acids is 1. The summed E-state index contributed by atoms with van der Waals surface area (Å²) in [7, 11) is 0. The van der Waals surface area contributed by atoms with Crippen LogP contribution < -0.4 is 0 Å². The van der Waals surface area contributed by atoms with E-state index in [0.29, 0.717) is 20.9 Å². The lowest BCUT2D eigenvalue weighted by Gasteiger charge is -2.02. The fourth-order valence-electron chi connectivity index (χ4n) is 1.22. The zero-order valence-electron chi connectivity index (χ0n) is 9.29. The third-order valence-corrected chi connectivity index (χ3v) is 3.14. The van der Waals surface area contributed by atoms with Crippen molar-refractivity contribution in [1.82, 2.24) is 15.0 Å². The Morgan fingerprint density at radius 2 is 2.11 bits per heavy atom. The third kappa shape index (κ3) is 2.96. The number of hydrogen-bond acceptors (Lipinski definition) is 5. The van der Waals surface area contributed by atoms with Gasteiger partial charge in [-0.2, -0.15) is 0 Å². The number of pyridine rings is 1. The molecule has 2 aromatic heterocycles.